The molecule has 0 unspecified atom stereocenters. The Morgan fingerprint density at radius 1 is 1.16 bits per heavy atom. The van der Waals surface area contributed by atoms with E-state index in [1.807, 2.05) is 6.92 Å². The summed E-state index contributed by atoms with van der Waals surface area (Å²) in [5, 5.41) is 0. The Morgan fingerprint density at radius 3 is 2.64 bits per heavy atom. The Bertz CT molecular complexity index is 621. The number of hydrogen-bond acceptors (Lipinski definition) is 3. The van der Waals surface area contributed by atoms with Crippen LogP contribution in [0.5, 0.6) is 0 Å². The average Bonchev–Trinajstić information content (AvgIpc) is 2.90. The number of fused-ring (bicyclic) bond motifs is 5. The van der Waals surface area contributed by atoms with Crippen LogP contribution in [0.25, 0.3) is 0 Å². The smallest absolute Gasteiger partial charge is 0.305 e. The van der Waals surface area contributed by atoms with Crippen molar-refractivity contribution in [3.05, 3.63) is 11.6 Å². The van der Waals surface area contributed by atoms with Gasteiger partial charge < -0.3 is 4.74 Å². The molecule has 3 fully saturated rings. The molecule has 0 aromatic rings. The lowest BCUT2D eigenvalue weighted by atomic mass is 9.48. The van der Waals surface area contributed by atoms with Gasteiger partial charge in [0.25, 0.3) is 0 Å². The predicted octanol–water partition coefficient (Wildman–Crippen LogP) is 4.84. The number of allylic oxidation sites excluding steroid dienone is 1. The van der Waals surface area contributed by atoms with Gasteiger partial charge in [-0.3, -0.25) is 9.59 Å². The topological polar surface area (TPSA) is 43.4 Å². The summed E-state index contributed by atoms with van der Waals surface area (Å²) in [7, 11) is 0. The van der Waals surface area contributed by atoms with E-state index in [1.54, 1.807) is 0 Å². The zero-order chi connectivity index (χ0) is 17.8. The standard InChI is InChI=1S/C22H32O3/c1-4-20(24)25-15-9-11-21(2)14(13-15)5-6-16-17-7-8-19(23)22(17,3)12-10-18(16)21/h5,15-18H,4,6-13H2,1-3H3/t15-,16-,17+,18-,21+,22+/m1/s1. The van der Waals surface area contributed by atoms with Gasteiger partial charge in [-0.15, -0.1) is 0 Å². The van der Waals surface area contributed by atoms with Crippen LogP contribution in [0, 0.1) is 28.6 Å². The first kappa shape index (κ1) is 17.3. The number of hydrogen-bond donors (Lipinski definition) is 0. The van der Waals surface area contributed by atoms with Gasteiger partial charge in [0.15, 0.2) is 0 Å². The summed E-state index contributed by atoms with van der Waals surface area (Å²) >= 11 is 0. The number of esters is 1. The molecule has 0 N–H and O–H groups in total. The third-order valence-corrected chi connectivity index (χ3v) is 8.35. The molecule has 0 aromatic heterocycles. The number of ether oxygens (including phenoxy) is 1. The van der Waals surface area contributed by atoms with E-state index in [0.717, 1.165) is 44.9 Å². The summed E-state index contributed by atoms with van der Waals surface area (Å²) < 4.78 is 5.65. The Morgan fingerprint density at radius 2 is 1.88 bits per heavy atom. The minimum Gasteiger partial charge on any atom is -0.462 e. The molecule has 6 atom stereocenters. The zero-order valence-electron chi connectivity index (χ0n) is 16.0. The molecular weight excluding hydrogens is 312 g/mol. The molecule has 3 saturated carbocycles. The van der Waals surface area contributed by atoms with Gasteiger partial charge >= 0.3 is 5.97 Å². The number of ketones is 1. The van der Waals surface area contributed by atoms with Crippen LogP contribution in [-0.2, 0) is 14.3 Å². The molecule has 138 valence electrons. The first-order valence-corrected chi connectivity index (χ1v) is 10.3. The number of Topliss-reactive ketones (excluding diaryl/α,β-unsaturated/α-hetero) is 1. The van der Waals surface area contributed by atoms with Gasteiger partial charge in [-0.1, -0.05) is 32.4 Å². The van der Waals surface area contributed by atoms with Gasteiger partial charge in [-0.25, -0.2) is 0 Å². The van der Waals surface area contributed by atoms with Crippen LogP contribution in [-0.4, -0.2) is 17.9 Å². The molecule has 0 aliphatic heterocycles. The van der Waals surface area contributed by atoms with Gasteiger partial charge in [-0.2, -0.15) is 0 Å². The molecule has 4 aliphatic carbocycles. The number of carbonyl (C=O) groups excluding carboxylic acids is 2. The van der Waals surface area contributed by atoms with Gasteiger partial charge in [0.2, 0.25) is 0 Å². The molecule has 0 heterocycles. The molecule has 4 aliphatic rings. The third kappa shape index (κ3) is 2.52. The van der Waals surface area contributed by atoms with E-state index in [-0.39, 0.29) is 22.9 Å². The fourth-order valence-electron chi connectivity index (χ4n) is 6.77. The molecule has 0 aromatic carbocycles. The highest BCUT2D eigenvalue weighted by molar-refractivity contribution is 5.87. The third-order valence-electron chi connectivity index (χ3n) is 8.35. The molecule has 0 radical (unpaired) electrons. The molecule has 25 heavy (non-hydrogen) atoms. The fourth-order valence-corrected chi connectivity index (χ4v) is 6.77. The Labute approximate surface area is 151 Å². The second kappa shape index (κ2) is 5.96. The van der Waals surface area contributed by atoms with Gasteiger partial charge in [-0.05, 0) is 61.7 Å². The van der Waals surface area contributed by atoms with Gasteiger partial charge in [0, 0.05) is 24.7 Å². The maximum absolute atomic E-state index is 12.5. The largest absolute Gasteiger partial charge is 0.462 e. The first-order valence-electron chi connectivity index (χ1n) is 10.3. The quantitative estimate of drug-likeness (QED) is 0.532. The van der Waals surface area contributed by atoms with Crippen LogP contribution in [0.1, 0.15) is 78.6 Å². The summed E-state index contributed by atoms with van der Waals surface area (Å²) in [4.78, 5) is 24.1. The fraction of sp³-hybridized carbons (Fsp3) is 0.818. The van der Waals surface area contributed by atoms with Crippen LogP contribution in [0.3, 0.4) is 0 Å². The van der Waals surface area contributed by atoms with E-state index >= 15 is 0 Å². The second-order valence-corrected chi connectivity index (χ2v) is 9.39. The van der Waals surface area contributed by atoms with Crippen LogP contribution >= 0.6 is 0 Å². The Kier molecular flexibility index (Phi) is 4.12. The van der Waals surface area contributed by atoms with E-state index in [0.29, 0.717) is 30.0 Å². The van der Waals surface area contributed by atoms with E-state index < -0.39 is 0 Å². The van der Waals surface area contributed by atoms with E-state index in [2.05, 4.69) is 19.9 Å². The van der Waals surface area contributed by atoms with Crippen molar-refractivity contribution in [2.75, 3.05) is 0 Å². The Hall–Kier alpha value is -1.12. The van der Waals surface area contributed by atoms with Crippen LogP contribution in [0.15, 0.2) is 11.6 Å². The highest BCUT2D eigenvalue weighted by Crippen LogP contribution is 2.64. The second-order valence-electron chi connectivity index (χ2n) is 9.39. The van der Waals surface area contributed by atoms with Gasteiger partial charge in [0.05, 0.1) is 0 Å². The Balaban J connectivity index is 1.56. The molecule has 0 spiro atoms. The summed E-state index contributed by atoms with van der Waals surface area (Å²) in [6.45, 7) is 6.56. The summed E-state index contributed by atoms with van der Waals surface area (Å²) in [5.41, 5.74) is 1.74. The minimum atomic E-state index is -0.0687. The SMILES string of the molecule is CCC(=O)O[C@@H]1CC[C@@]2(C)C(=CC[C@H]3[C@H]2CC[C@]2(C)C(=O)CC[C@@H]32)C1. The molecule has 0 saturated heterocycles. The average molecular weight is 344 g/mol. The van der Waals surface area contributed by atoms with Crippen molar-refractivity contribution in [2.45, 2.75) is 84.7 Å². The maximum Gasteiger partial charge on any atom is 0.305 e. The molecule has 4 rings (SSSR count). The monoisotopic (exact) mass is 344 g/mol. The van der Waals surface area contributed by atoms with E-state index in [4.69, 9.17) is 4.74 Å². The predicted molar refractivity (Wildman–Crippen MR) is 96.9 cm³/mol. The van der Waals surface area contributed by atoms with Crippen LogP contribution in [0.4, 0.5) is 0 Å². The molecule has 3 heteroatoms. The van der Waals surface area contributed by atoms with Crippen molar-refractivity contribution in [3.63, 3.8) is 0 Å². The van der Waals surface area contributed by atoms with E-state index in [1.165, 1.54) is 12.0 Å². The minimum absolute atomic E-state index is 0.0449. The first-order chi connectivity index (χ1) is 11.9. The lowest BCUT2D eigenvalue weighted by molar-refractivity contribution is -0.151. The summed E-state index contributed by atoms with van der Waals surface area (Å²) in [6.07, 6.45) is 11.3. The summed E-state index contributed by atoms with van der Waals surface area (Å²) in [5.74, 6) is 2.42. The molecule has 0 bridgehead atoms. The van der Waals surface area contributed by atoms with Gasteiger partial charge in [0.1, 0.15) is 11.9 Å². The highest BCUT2D eigenvalue weighted by Gasteiger charge is 2.58. The van der Waals surface area contributed by atoms with Crippen LogP contribution in [0.2, 0.25) is 0 Å². The number of carbonyl (C=O) groups is 2. The van der Waals surface area contributed by atoms with E-state index in [9.17, 15) is 9.59 Å². The summed E-state index contributed by atoms with van der Waals surface area (Å²) in [6, 6.07) is 0. The van der Waals surface area contributed by atoms with Crippen molar-refractivity contribution >= 4 is 11.8 Å². The van der Waals surface area contributed by atoms with Crippen molar-refractivity contribution in [2.24, 2.45) is 28.6 Å². The van der Waals surface area contributed by atoms with Crippen LogP contribution < -0.4 is 0 Å². The molecular formula is C22H32O3. The maximum atomic E-state index is 12.5. The normalized spacial score (nSPS) is 45.9. The molecule has 0 amide bonds. The lowest BCUT2D eigenvalue weighted by Gasteiger charge is -2.56. The zero-order valence-corrected chi connectivity index (χ0v) is 16.0. The van der Waals surface area contributed by atoms with Crippen molar-refractivity contribution < 1.29 is 14.3 Å². The number of rotatable bonds is 2. The molecule has 3 nitrogen and oxygen atoms in total. The van der Waals surface area contributed by atoms with Crippen molar-refractivity contribution in [1.29, 1.82) is 0 Å². The van der Waals surface area contributed by atoms with Crippen molar-refractivity contribution in [3.8, 4) is 0 Å². The highest BCUT2D eigenvalue weighted by atomic mass is 16.5. The lowest BCUT2D eigenvalue weighted by Crippen LogP contribution is -2.50. The van der Waals surface area contributed by atoms with Crippen molar-refractivity contribution in [1.82, 2.24) is 0 Å².